The Morgan fingerprint density at radius 2 is 2.15 bits per heavy atom. The maximum absolute atomic E-state index is 13.1. The van der Waals surface area contributed by atoms with Crippen molar-refractivity contribution in [2.75, 3.05) is 32.8 Å². The first-order chi connectivity index (χ1) is 12.1. The predicted octanol–water partition coefficient (Wildman–Crippen LogP) is 2.64. The van der Waals surface area contributed by atoms with Gasteiger partial charge < -0.3 is 20.5 Å². The van der Waals surface area contributed by atoms with Crippen molar-refractivity contribution < 1.29 is 14.2 Å². The average molecular weight is 479 g/mol. The molecule has 148 valence electrons. The van der Waals surface area contributed by atoms with Crippen LogP contribution in [0.3, 0.4) is 0 Å². The van der Waals surface area contributed by atoms with E-state index in [9.17, 15) is 9.50 Å². The zero-order chi connectivity index (χ0) is 18.1. The number of ether oxygens (including phenoxy) is 1. The molecule has 0 bridgehead atoms. The minimum atomic E-state index is -0.589. The molecule has 0 amide bonds. The highest BCUT2D eigenvalue weighted by Gasteiger charge is 2.21. The summed E-state index contributed by atoms with van der Waals surface area (Å²) in [6.45, 7) is 6.72. The smallest absolute Gasteiger partial charge is 0.191 e. The molecule has 0 saturated heterocycles. The molecule has 3 N–H and O–H groups in total. The van der Waals surface area contributed by atoms with Gasteiger partial charge in [0, 0.05) is 19.7 Å². The first-order valence-corrected chi connectivity index (χ1v) is 9.11. The number of aliphatic imine (C=N–C) groups is 1. The Labute approximate surface area is 172 Å². The lowest BCUT2D eigenvalue weighted by Gasteiger charge is -2.14. The van der Waals surface area contributed by atoms with Gasteiger partial charge >= 0.3 is 0 Å². The van der Waals surface area contributed by atoms with E-state index in [1.165, 1.54) is 18.9 Å². The van der Waals surface area contributed by atoms with Gasteiger partial charge in [0.25, 0.3) is 0 Å². The molecule has 0 radical (unpaired) electrons. The van der Waals surface area contributed by atoms with Crippen molar-refractivity contribution in [3.63, 3.8) is 0 Å². The third-order valence-corrected chi connectivity index (χ3v) is 4.16. The topological polar surface area (TPSA) is 65.9 Å². The Balaban J connectivity index is 0.00000338. The first-order valence-electron chi connectivity index (χ1n) is 9.11. The van der Waals surface area contributed by atoms with Crippen LogP contribution in [0.1, 0.15) is 30.9 Å². The molecule has 2 rings (SSSR count). The molecular weight excluding hydrogens is 448 g/mol. The standard InChI is InChI=1S/C19H30FN3O2.HI/c1-3-21-19(23-11-18(24)13-25-12-15-4-5-15)22-9-8-16-6-7-17(20)10-14(16)2;/h6-7,10,15,18,24H,3-5,8-9,11-13H2,1-2H3,(H2,21,22,23);1H. The van der Waals surface area contributed by atoms with E-state index >= 15 is 0 Å². The molecule has 0 heterocycles. The summed E-state index contributed by atoms with van der Waals surface area (Å²) in [4.78, 5) is 4.40. The van der Waals surface area contributed by atoms with Crippen molar-refractivity contribution in [2.24, 2.45) is 10.9 Å². The zero-order valence-electron chi connectivity index (χ0n) is 15.6. The van der Waals surface area contributed by atoms with E-state index < -0.39 is 6.10 Å². The number of aryl methyl sites for hydroxylation is 1. The summed E-state index contributed by atoms with van der Waals surface area (Å²) in [6.07, 6.45) is 2.68. The number of nitrogens with one attached hydrogen (secondary N) is 2. The monoisotopic (exact) mass is 479 g/mol. The van der Waals surface area contributed by atoms with E-state index in [4.69, 9.17) is 4.74 Å². The predicted molar refractivity (Wildman–Crippen MR) is 114 cm³/mol. The van der Waals surface area contributed by atoms with E-state index in [1.807, 2.05) is 19.9 Å². The molecule has 1 aromatic rings. The van der Waals surface area contributed by atoms with Crippen molar-refractivity contribution in [2.45, 2.75) is 39.2 Å². The van der Waals surface area contributed by atoms with Crippen LogP contribution in [0.5, 0.6) is 0 Å². The van der Waals surface area contributed by atoms with Gasteiger partial charge in [-0.2, -0.15) is 0 Å². The number of guanidine groups is 1. The molecule has 5 nitrogen and oxygen atoms in total. The Hall–Kier alpha value is -0.930. The number of hydrogen-bond acceptors (Lipinski definition) is 3. The van der Waals surface area contributed by atoms with Gasteiger partial charge in [0.05, 0.1) is 19.3 Å². The van der Waals surface area contributed by atoms with Crippen molar-refractivity contribution in [1.82, 2.24) is 10.6 Å². The van der Waals surface area contributed by atoms with Crippen LogP contribution in [0.15, 0.2) is 23.2 Å². The molecule has 1 aliphatic rings. The highest BCUT2D eigenvalue weighted by atomic mass is 127. The lowest BCUT2D eigenvalue weighted by molar-refractivity contribution is 0.0368. The van der Waals surface area contributed by atoms with Crippen LogP contribution in [-0.2, 0) is 11.2 Å². The second kappa shape index (κ2) is 12.5. The Morgan fingerprint density at radius 3 is 2.81 bits per heavy atom. The van der Waals surface area contributed by atoms with Gasteiger partial charge in [0.1, 0.15) is 5.82 Å². The molecule has 1 aliphatic carbocycles. The fourth-order valence-corrected chi connectivity index (χ4v) is 2.50. The zero-order valence-corrected chi connectivity index (χ0v) is 18.0. The molecule has 0 aliphatic heterocycles. The van der Waals surface area contributed by atoms with Crippen molar-refractivity contribution >= 4 is 29.9 Å². The minimum absolute atomic E-state index is 0. The molecular formula is C19H31FIN3O2. The summed E-state index contributed by atoms with van der Waals surface area (Å²) in [5, 5.41) is 16.3. The van der Waals surface area contributed by atoms with Crippen LogP contribution in [-0.4, -0.2) is 50.0 Å². The van der Waals surface area contributed by atoms with Crippen LogP contribution < -0.4 is 10.6 Å². The minimum Gasteiger partial charge on any atom is -0.389 e. The van der Waals surface area contributed by atoms with Crippen molar-refractivity contribution in [3.8, 4) is 0 Å². The number of hydrogen-bond donors (Lipinski definition) is 3. The van der Waals surface area contributed by atoms with Crippen molar-refractivity contribution in [1.29, 1.82) is 0 Å². The summed E-state index contributed by atoms with van der Waals surface area (Å²) >= 11 is 0. The SMILES string of the molecule is CCNC(=NCC(O)COCC1CC1)NCCc1ccc(F)cc1C.I. The lowest BCUT2D eigenvalue weighted by Crippen LogP contribution is -2.39. The van der Waals surface area contributed by atoms with Crippen molar-refractivity contribution in [3.05, 3.63) is 35.1 Å². The highest BCUT2D eigenvalue weighted by Crippen LogP contribution is 2.28. The molecule has 1 aromatic carbocycles. The van der Waals surface area contributed by atoms with E-state index in [1.54, 1.807) is 6.07 Å². The first kappa shape index (κ1) is 23.1. The number of rotatable bonds is 10. The molecule has 1 unspecified atom stereocenters. The number of halogens is 2. The number of benzene rings is 1. The van der Waals surface area contributed by atoms with Crippen LogP contribution >= 0.6 is 24.0 Å². The van der Waals surface area contributed by atoms with E-state index in [2.05, 4.69) is 15.6 Å². The molecule has 26 heavy (non-hydrogen) atoms. The second-order valence-electron chi connectivity index (χ2n) is 6.60. The third-order valence-electron chi connectivity index (χ3n) is 4.16. The second-order valence-corrected chi connectivity index (χ2v) is 6.60. The Morgan fingerprint density at radius 1 is 1.38 bits per heavy atom. The quantitative estimate of drug-likeness (QED) is 0.274. The molecule has 0 aromatic heterocycles. The van der Waals surface area contributed by atoms with Gasteiger partial charge in [0.15, 0.2) is 5.96 Å². The average Bonchev–Trinajstić information content (AvgIpc) is 3.39. The molecule has 1 saturated carbocycles. The fourth-order valence-electron chi connectivity index (χ4n) is 2.50. The third kappa shape index (κ3) is 9.14. The van der Waals surface area contributed by atoms with E-state index in [0.717, 1.165) is 30.7 Å². The molecule has 1 atom stereocenters. The van der Waals surface area contributed by atoms with Crippen LogP contribution in [0, 0.1) is 18.7 Å². The Kier molecular flexibility index (Phi) is 11.1. The fraction of sp³-hybridized carbons (Fsp3) is 0.632. The maximum atomic E-state index is 13.1. The number of nitrogens with zero attached hydrogens (tertiary/aromatic N) is 1. The summed E-state index contributed by atoms with van der Waals surface area (Å²) in [6, 6.07) is 4.85. The Bertz CT molecular complexity index is 568. The van der Waals surface area contributed by atoms with Gasteiger partial charge in [-0.05, 0) is 62.3 Å². The van der Waals surface area contributed by atoms with Crippen LogP contribution in [0.2, 0.25) is 0 Å². The highest BCUT2D eigenvalue weighted by molar-refractivity contribution is 14.0. The molecule has 0 spiro atoms. The van der Waals surface area contributed by atoms with Gasteiger partial charge in [-0.15, -0.1) is 24.0 Å². The van der Waals surface area contributed by atoms with E-state index in [-0.39, 0.29) is 29.8 Å². The largest absolute Gasteiger partial charge is 0.389 e. The number of aliphatic hydroxyl groups is 1. The summed E-state index contributed by atoms with van der Waals surface area (Å²) in [5.74, 6) is 1.16. The van der Waals surface area contributed by atoms with Gasteiger partial charge in [-0.25, -0.2) is 4.39 Å². The molecule has 1 fully saturated rings. The van der Waals surface area contributed by atoms with Gasteiger partial charge in [0.2, 0.25) is 0 Å². The summed E-state index contributed by atoms with van der Waals surface area (Å²) in [7, 11) is 0. The summed E-state index contributed by atoms with van der Waals surface area (Å²) < 4.78 is 18.6. The van der Waals surface area contributed by atoms with Crippen LogP contribution in [0.25, 0.3) is 0 Å². The molecule has 7 heteroatoms. The van der Waals surface area contributed by atoms with Gasteiger partial charge in [-0.3, -0.25) is 4.99 Å². The van der Waals surface area contributed by atoms with E-state index in [0.29, 0.717) is 31.6 Å². The number of aliphatic hydroxyl groups excluding tert-OH is 1. The maximum Gasteiger partial charge on any atom is 0.191 e. The van der Waals surface area contributed by atoms with Gasteiger partial charge in [-0.1, -0.05) is 6.07 Å². The lowest BCUT2D eigenvalue weighted by atomic mass is 10.1. The van der Waals surface area contributed by atoms with Crippen LogP contribution in [0.4, 0.5) is 4.39 Å². The summed E-state index contributed by atoms with van der Waals surface area (Å²) in [5.41, 5.74) is 2.06. The normalized spacial score (nSPS) is 15.3.